The van der Waals surface area contributed by atoms with E-state index in [1.54, 1.807) is 18.2 Å². The quantitative estimate of drug-likeness (QED) is 0.0993. The maximum atomic E-state index is 11.1. The van der Waals surface area contributed by atoms with Crippen LogP contribution in [-0.4, -0.2) is 19.1 Å². The fourth-order valence-corrected chi connectivity index (χ4v) is 5.77. The first-order valence-corrected chi connectivity index (χ1v) is 17.6. The Labute approximate surface area is 250 Å². The molecule has 0 fully saturated rings. The van der Waals surface area contributed by atoms with Gasteiger partial charge in [-0.2, -0.15) is 5.26 Å². The molecule has 0 aliphatic carbocycles. The summed E-state index contributed by atoms with van der Waals surface area (Å²) >= 11 is 0. The molecule has 4 aromatic rings. The predicted molar refractivity (Wildman–Crippen MR) is 179 cm³/mol. The van der Waals surface area contributed by atoms with Gasteiger partial charge in [0.05, 0.1) is 8.07 Å². The molecule has 4 rings (SSSR count). The summed E-state index contributed by atoms with van der Waals surface area (Å²) in [7, 11) is -1.41. The van der Waals surface area contributed by atoms with Crippen molar-refractivity contribution in [1.82, 2.24) is 0 Å². The SMILES string of the molecule is CC(C)(C)c1ccc(N(c2ccc(/C=C/c3ccc(/C=C(/C#N)C(=O)O)cc3)cc2)c2ccc([Si](C)(C)C)cc2)cc1. The minimum Gasteiger partial charge on any atom is -0.477 e. The van der Waals surface area contributed by atoms with E-state index in [9.17, 15) is 4.79 Å². The van der Waals surface area contributed by atoms with Crippen molar-refractivity contribution in [2.75, 3.05) is 4.90 Å². The summed E-state index contributed by atoms with van der Waals surface area (Å²) in [4.78, 5) is 13.4. The van der Waals surface area contributed by atoms with E-state index in [1.165, 1.54) is 16.8 Å². The van der Waals surface area contributed by atoms with Gasteiger partial charge in [0.1, 0.15) is 11.6 Å². The fourth-order valence-electron chi connectivity index (χ4n) is 4.61. The third kappa shape index (κ3) is 7.54. The molecule has 0 aromatic heterocycles. The summed E-state index contributed by atoms with van der Waals surface area (Å²) in [6, 6.07) is 35.5. The number of carboxylic acid groups (broad SMARTS) is 1. The van der Waals surface area contributed by atoms with E-state index in [2.05, 4.69) is 124 Å². The van der Waals surface area contributed by atoms with Crippen molar-refractivity contribution >= 4 is 54.5 Å². The Morgan fingerprint density at radius 3 is 1.52 bits per heavy atom. The van der Waals surface area contributed by atoms with Crippen LogP contribution in [0.1, 0.15) is 43.0 Å². The number of anilines is 3. The summed E-state index contributed by atoms with van der Waals surface area (Å²) in [5.74, 6) is -1.23. The summed E-state index contributed by atoms with van der Waals surface area (Å²) < 4.78 is 0. The lowest BCUT2D eigenvalue weighted by Crippen LogP contribution is -2.37. The highest BCUT2D eigenvalue weighted by molar-refractivity contribution is 6.88. The van der Waals surface area contributed by atoms with E-state index in [4.69, 9.17) is 10.4 Å². The van der Waals surface area contributed by atoms with E-state index < -0.39 is 14.0 Å². The molecule has 0 aliphatic heterocycles. The van der Waals surface area contributed by atoms with E-state index in [-0.39, 0.29) is 11.0 Å². The molecule has 4 nitrogen and oxygen atoms in total. The van der Waals surface area contributed by atoms with Crippen molar-refractivity contribution in [2.45, 2.75) is 45.8 Å². The zero-order valence-electron chi connectivity index (χ0n) is 25.2. The second-order valence-electron chi connectivity index (χ2n) is 12.5. The molecule has 0 saturated heterocycles. The molecule has 0 aliphatic rings. The van der Waals surface area contributed by atoms with Crippen LogP contribution in [-0.2, 0) is 10.2 Å². The lowest BCUT2D eigenvalue weighted by molar-refractivity contribution is -0.132. The van der Waals surface area contributed by atoms with Gasteiger partial charge in [-0.15, -0.1) is 0 Å². The molecule has 1 N–H and O–H groups in total. The zero-order valence-corrected chi connectivity index (χ0v) is 26.2. The molecular formula is C37H38N2O2Si. The monoisotopic (exact) mass is 570 g/mol. The van der Waals surface area contributed by atoms with Crippen LogP contribution >= 0.6 is 0 Å². The van der Waals surface area contributed by atoms with Crippen LogP contribution in [0.2, 0.25) is 19.6 Å². The predicted octanol–water partition coefficient (Wildman–Crippen LogP) is 9.16. The number of rotatable bonds is 8. The number of hydrogen-bond donors (Lipinski definition) is 1. The number of benzene rings is 4. The van der Waals surface area contributed by atoms with E-state index in [0.29, 0.717) is 5.56 Å². The molecule has 5 heteroatoms. The van der Waals surface area contributed by atoms with Crippen molar-refractivity contribution in [1.29, 1.82) is 5.26 Å². The van der Waals surface area contributed by atoms with Gasteiger partial charge in [0.25, 0.3) is 0 Å². The molecule has 212 valence electrons. The first-order chi connectivity index (χ1) is 19.8. The van der Waals surface area contributed by atoms with Crippen molar-refractivity contribution in [2.24, 2.45) is 0 Å². The normalized spacial score (nSPS) is 12.3. The lowest BCUT2D eigenvalue weighted by Gasteiger charge is -2.28. The Hall–Kier alpha value is -4.66. The molecule has 0 amide bonds. The average Bonchev–Trinajstić information content (AvgIpc) is 2.96. The first kappa shape index (κ1) is 30.3. The second kappa shape index (κ2) is 12.5. The summed E-state index contributed by atoms with van der Waals surface area (Å²) in [5, 5.41) is 19.5. The Morgan fingerprint density at radius 2 is 1.12 bits per heavy atom. The molecule has 0 spiro atoms. The van der Waals surface area contributed by atoms with Gasteiger partial charge in [0.15, 0.2) is 0 Å². The number of nitrogens with zero attached hydrogens (tertiary/aromatic N) is 2. The third-order valence-corrected chi connectivity index (χ3v) is 9.27. The highest BCUT2D eigenvalue weighted by Crippen LogP contribution is 2.36. The Bertz CT molecular complexity index is 1570. The van der Waals surface area contributed by atoms with Gasteiger partial charge in [-0.05, 0) is 70.1 Å². The number of carbonyl (C=O) groups is 1. The number of nitriles is 1. The highest BCUT2D eigenvalue weighted by Gasteiger charge is 2.19. The fraction of sp³-hybridized carbons (Fsp3) is 0.189. The van der Waals surface area contributed by atoms with Crippen LogP contribution in [0, 0.1) is 11.3 Å². The van der Waals surface area contributed by atoms with Crippen molar-refractivity contribution in [3.05, 3.63) is 125 Å². The second-order valence-corrected chi connectivity index (χ2v) is 17.6. The minimum absolute atomic E-state index is 0.0887. The Kier molecular flexibility index (Phi) is 8.99. The highest BCUT2D eigenvalue weighted by atomic mass is 28.3. The number of hydrogen-bond acceptors (Lipinski definition) is 3. The van der Waals surface area contributed by atoms with E-state index in [1.807, 2.05) is 18.2 Å². The largest absolute Gasteiger partial charge is 0.477 e. The van der Waals surface area contributed by atoms with Crippen molar-refractivity contribution in [3.63, 3.8) is 0 Å². The topological polar surface area (TPSA) is 64.3 Å². The van der Waals surface area contributed by atoms with E-state index in [0.717, 1.165) is 28.2 Å². The number of carboxylic acids is 1. The van der Waals surface area contributed by atoms with Gasteiger partial charge in [-0.1, -0.05) is 118 Å². The van der Waals surface area contributed by atoms with Gasteiger partial charge >= 0.3 is 5.97 Å². The van der Waals surface area contributed by atoms with Gasteiger partial charge in [0.2, 0.25) is 0 Å². The van der Waals surface area contributed by atoms with Crippen molar-refractivity contribution in [3.8, 4) is 6.07 Å². The van der Waals surface area contributed by atoms with Gasteiger partial charge in [-0.25, -0.2) is 4.79 Å². The lowest BCUT2D eigenvalue weighted by atomic mass is 9.87. The summed E-state index contributed by atoms with van der Waals surface area (Å²) in [5.41, 5.74) is 7.14. The standard InChI is InChI=1S/C37H38N2O2Si/c1-37(2,3)31-15-19-33(20-16-31)39(34-21-23-35(24-22-34)42(4,5)6)32-17-13-28(14-18-32)8-7-27-9-11-29(12-10-27)25-30(26-38)36(40)41/h7-25H,1-6H3,(H,40,41)/b8-7+,30-25-. The van der Waals surface area contributed by atoms with Gasteiger partial charge < -0.3 is 10.0 Å². The first-order valence-electron chi connectivity index (χ1n) is 14.1. The third-order valence-electron chi connectivity index (χ3n) is 7.20. The van der Waals surface area contributed by atoms with Crippen LogP contribution in [0.25, 0.3) is 18.2 Å². The maximum Gasteiger partial charge on any atom is 0.346 e. The summed E-state index contributed by atoms with van der Waals surface area (Å²) in [6.45, 7) is 13.8. The Balaban J connectivity index is 1.61. The minimum atomic E-state index is -1.41. The van der Waals surface area contributed by atoms with Crippen LogP contribution in [0.15, 0.2) is 103 Å². The average molecular weight is 571 g/mol. The van der Waals surface area contributed by atoms with Crippen LogP contribution in [0.3, 0.4) is 0 Å². The zero-order chi connectivity index (χ0) is 30.5. The van der Waals surface area contributed by atoms with Crippen molar-refractivity contribution < 1.29 is 9.90 Å². The smallest absolute Gasteiger partial charge is 0.346 e. The molecule has 0 radical (unpaired) electrons. The van der Waals surface area contributed by atoms with Crippen LogP contribution in [0.5, 0.6) is 0 Å². The molecular weight excluding hydrogens is 533 g/mol. The van der Waals surface area contributed by atoms with Gasteiger partial charge in [0, 0.05) is 17.1 Å². The number of aliphatic carboxylic acids is 1. The molecule has 0 bridgehead atoms. The van der Waals surface area contributed by atoms with E-state index >= 15 is 0 Å². The molecule has 0 unspecified atom stereocenters. The van der Waals surface area contributed by atoms with Crippen LogP contribution < -0.4 is 10.1 Å². The Morgan fingerprint density at radius 1 is 0.714 bits per heavy atom. The molecule has 0 heterocycles. The summed E-state index contributed by atoms with van der Waals surface area (Å²) in [6.07, 6.45) is 5.44. The van der Waals surface area contributed by atoms with Crippen LogP contribution in [0.4, 0.5) is 17.1 Å². The van der Waals surface area contributed by atoms with Gasteiger partial charge in [-0.3, -0.25) is 0 Å². The molecule has 0 atom stereocenters. The molecule has 42 heavy (non-hydrogen) atoms. The molecule has 0 saturated carbocycles. The molecule has 4 aromatic carbocycles. The maximum absolute atomic E-state index is 11.1.